The molecule has 140 valence electrons. The van der Waals surface area contributed by atoms with Crippen LogP contribution in [0.2, 0.25) is 0 Å². The molecule has 0 atom stereocenters. The molecular weight excluding hydrogens is 338 g/mol. The largest absolute Gasteiger partial charge is 0.331 e. The summed E-state index contributed by atoms with van der Waals surface area (Å²) in [6.07, 6.45) is 1.33. The van der Waals surface area contributed by atoms with Gasteiger partial charge in [0.25, 0.3) is 5.56 Å². The first-order valence-corrected chi connectivity index (χ1v) is 9.32. The summed E-state index contributed by atoms with van der Waals surface area (Å²) in [6.45, 7) is 4.99. The summed E-state index contributed by atoms with van der Waals surface area (Å²) in [5, 5.41) is 0.557. The fourth-order valence-corrected chi connectivity index (χ4v) is 3.00. The Morgan fingerprint density at radius 1 is 1.04 bits per heavy atom. The quantitative estimate of drug-likeness (QED) is 0.692. The van der Waals surface area contributed by atoms with Crippen molar-refractivity contribution in [3.05, 3.63) is 76.3 Å². The van der Waals surface area contributed by atoms with Crippen molar-refractivity contribution < 1.29 is 4.79 Å². The van der Waals surface area contributed by atoms with Crippen LogP contribution in [0.5, 0.6) is 0 Å². The molecule has 0 aliphatic rings. The van der Waals surface area contributed by atoms with E-state index < -0.39 is 0 Å². The minimum Gasteiger partial charge on any atom is -0.331 e. The number of aromatic nitrogens is 2. The van der Waals surface area contributed by atoms with Gasteiger partial charge in [0, 0.05) is 13.0 Å². The lowest BCUT2D eigenvalue weighted by Gasteiger charge is -2.23. The fraction of sp³-hybridized carbons (Fsp3) is 0.318. The van der Waals surface area contributed by atoms with Gasteiger partial charge >= 0.3 is 0 Å². The molecule has 0 radical (unpaired) electrons. The Labute approximate surface area is 159 Å². The maximum atomic E-state index is 12.8. The number of para-hydroxylation sites is 1. The number of nitrogens with one attached hydrogen (secondary N) is 1. The maximum absolute atomic E-state index is 12.8. The number of amides is 1. The molecule has 0 spiro atoms. The van der Waals surface area contributed by atoms with Crippen LogP contribution in [-0.4, -0.2) is 20.8 Å². The summed E-state index contributed by atoms with van der Waals surface area (Å²) in [4.78, 5) is 34.3. The van der Waals surface area contributed by atoms with Gasteiger partial charge in [0.2, 0.25) is 5.91 Å². The van der Waals surface area contributed by atoms with Crippen molar-refractivity contribution in [2.24, 2.45) is 5.92 Å². The van der Waals surface area contributed by atoms with Crippen molar-refractivity contribution in [1.29, 1.82) is 0 Å². The Morgan fingerprint density at radius 3 is 2.48 bits per heavy atom. The lowest BCUT2D eigenvalue weighted by Crippen LogP contribution is -2.31. The summed E-state index contributed by atoms with van der Waals surface area (Å²) in [5.74, 6) is 1.04. The molecule has 3 aromatic rings. The highest BCUT2D eigenvalue weighted by Gasteiger charge is 2.17. The van der Waals surface area contributed by atoms with Gasteiger partial charge in [-0.3, -0.25) is 9.59 Å². The van der Waals surface area contributed by atoms with E-state index in [1.54, 1.807) is 11.0 Å². The molecule has 0 saturated heterocycles. The van der Waals surface area contributed by atoms with E-state index in [1.165, 1.54) is 0 Å². The Morgan fingerprint density at radius 2 is 1.74 bits per heavy atom. The lowest BCUT2D eigenvalue weighted by atomic mass is 10.1. The predicted octanol–water partition coefficient (Wildman–Crippen LogP) is 3.89. The summed E-state index contributed by atoms with van der Waals surface area (Å²) >= 11 is 0. The molecule has 5 nitrogen and oxygen atoms in total. The van der Waals surface area contributed by atoms with Crippen molar-refractivity contribution in [3.63, 3.8) is 0 Å². The second-order valence-electron chi connectivity index (χ2n) is 7.20. The van der Waals surface area contributed by atoms with Crippen LogP contribution in [0.15, 0.2) is 59.4 Å². The van der Waals surface area contributed by atoms with Crippen molar-refractivity contribution in [2.75, 3.05) is 0 Å². The zero-order valence-electron chi connectivity index (χ0n) is 15.8. The third-order valence-electron chi connectivity index (χ3n) is 4.51. The van der Waals surface area contributed by atoms with Crippen LogP contribution in [0, 0.1) is 5.92 Å². The number of aromatic amines is 1. The number of carbonyl (C=O) groups excluding carboxylic acids is 1. The van der Waals surface area contributed by atoms with E-state index in [-0.39, 0.29) is 18.0 Å². The summed E-state index contributed by atoms with van der Waals surface area (Å²) < 4.78 is 0. The van der Waals surface area contributed by atoms with Crippen LogP contribution in [0.1, 0.15) is 38.1 Å². The second kappa shape index (κ2) is 8.62. The summed E-state index contributed by atoms with van der Waals surface area (Å²) in [5.41, 5.74) is 1.52. The zero-order chi connectivity index (χ0) is 19.2. The van der Waals surface area contributed by atoms with Crippen molar-refractivity contribution in [2.45, 2.75) is 39.8 Å². The number of hydrogen-bond acceptors (Lipinski definition) is 3. The average Bonchev–Trinajstić information content (AvgIpc) is 2.66. The smallest absolute Gasteiger partial charge is 0.258 e. The number of carbonyl (C=O) groups is 1. The van der Waals surface area contributed by atoms with E-state index >= 15 is 0 Å². The molecule has 1 N–H and O–H groups in total. The molecule has 1 heterocycles. The topological polar surface area (TPSA) is 66.1 Å². The number of hydrogen-bond donors (Lipinski definition) is 1. The number of fused-ring (bicyclic) bond motifs is 1. The fourth-order valence-electron chi connectivity index (χ4n) is 3.00. The molecule has 27 heavy (non-hydrogen) atoms. The van der Waals surface area contributed by atoms with Gasteiger partial charge in [0.15, 0.2) is 0 Å². The van der Waals surface area contributed by atoms with E-state index in [1.807, 2.05) is 48.5 Å². The molecule has 0 saturated carbocycles. The Bertz CT molecular complexity index is 964. The maximum Gasteiger partial charge on any atom is 0.258 e. The number of H-pyrrole nitrogens is 1. The van der Waals surface area contributed by atoms with Gasteiger partial charge in [-0.05, 0) is 30.0 Å². The lowest BCUT2D eigenvalue weighted by molar-refractivity contribution is -0.132. The third kappa shape index (κ3) is 5.03. The van der Waals surface area contributed by atoms with Crippen LogP contribution in [-0.2, 0) is 17.9 Å². The molecular formula is C22H25N3O2. The first-order chi connectivity index (χ1) is 13.0. The normalized spacial score (nSPS) is 11.1. The molecule has 5 heteroatoms. The zero-order valence-corrected chi connectivity index (χ0v) is 15.8. The van der Waals surface area contributed by atoms with Crippen molar-refractivity contribution >= 4 is 16.8 Å². The van der Waals surface area contributed by atoms with Gasteiger partial charge < -0.3 is 9.88 Å². The molecule has 1 aromatic heterocycles. The van der Waals surface area contributed by atoms with Gasteiger partial charge in [0.1, 0.15) is 5.82 Å². The van der Waals surface area contributed by atoms with E-state index in [0.29, 0.717) is 35.6 Å². The van der Waals surface area contributed by atoms with Gasteiger partial charge in [-0.15, -0.1) is 0 Å². The number of benzene rings is 2. The highest BCUT2D eigenvalue weighted by atomic mass is 16.2. The van der Waals surface area contributed by atoms with Crippen LogP contribution in [0.3, 0.4) is 0 Å². The summed E-state index contributed by atoms with van der Waals surface area (Å²) in [6, 6.07) is 17.1. The van der Waals surface area contributed by atoms with Crippen LogP contribution < -0.4 is 5.56 Å². The van der Waals surface area contributed by atoms with Gasteiger partial charge in [-0.1, -0.05) is 56.3 Å². The third-order valence-corrected chi connectivity index (χ3v) is 4.51. The predicted molar refractivity (Wildman–Crippen MR) is 107 cm³/mol. The molecule has 0 unspecified atom stereocenters. The van der Waals surface area contributed by atoms with Crippen LogP contribution >= 0.6 is 0 Å². The molecule has 1 amide bonds. The molecule has 0 bridgehead atoms. The Kier molecular flexibility index (Phi) is 6.01. The van der Waals surface area contributed by atoms with Gasteiger partial charge in [0.05, 0.1) is 17.4 Å². The van der Waals surface area contributed by atoms with E-state index in [2.05, 4.69) is 23.8 Å². The molecule has 2 aromatic carbocycles. The van der Waals surface area contributed by atoms with Gasteiger partial charge in [-0.2, -0.15) is 0 Å². The van der Waals surface area contributed by atoms with Crippen molar-refractivity contribution in [3.8, 4) is 0 Å². The number of nitrogens with zero attached hydrogens (tertiary/aromatic N) is 2. The summed E-state index contributed by atoms with van der Waals surface area (Å²) in [7, 11) is 0. The molecule has 0 aliphatic carbocycles. The average molecular weight is 363 g/mol. The number of rotatable bonds is 7. The SMILES string of the molecule is CC(C)CCC(=O)N(Cc1ccccc1)Cc1nc2ccccc2c(=O)[nH]1. The monoisotopic (exact) mass is 363 g/mol. The van der Waals surface area contributed by atoms with Crippen molar-refractivity contribution in [1.82, 2.24) is 14.9 Å². The first kappa shape index (κ1) is 18.8. The van der Waals surface area contributed by atoms with E-state index in [0.717, 1.165) is 12.0 Å². The highest BCUT2D eigenvalue weighted by molar-refractivity contribution is 5.78. The van der Waals surface area contributed by atoms with E-state index in [4.69, 9.17) is 0 Å². The molecule has 3 rings (SSSR count). The molecule has 0 fully saturated rings. The van der Waals surface area contributed by atoms with Crippen LogP contribution in [0.4, 0.5) is 0 Å². The molecule has 0 aliphatic heterocycles. The highest BCUT2D eigenvalue weighted by Crippen LogP contribution is 2.13. The minimum absolute atomic E-state index is 0.0726. The Hall–Kier alpha value is -2.95. The first-order valence-electron chi connectivity index (χ1n) is 9.32. The van der Waals surface area contributed by atoms with Gasteiger partial charge in [-0.25, -0.2) is 4.98 Å². The minimum atomic E-state index is -0.176. The second-order valence-corrected chi connectivity index (χ2v) is 7.20. The van der Waals surface area contributed by atoms with Crippen LogP contribution in [0.25, 0.3) is 10.9 Å². The Balaban J connectivity index is 1.86. The van der Waals surface area contributed by atoms with E-state index in [9.17, 15) is 9.59 Å². The standard InChI is InChI=1S/C22H25N3O2/c1-16(2)12-13-21(26)25(14-17-8-4-3-5-9-17)15-20-23-19-11-7-6-10-18(19)22(27)24-20/h3-11,16H,12-15H2,1-2H3,(H,23,24,27).